The van der Waals surface area contributed by atoms with E-state index in [2.05, 4.69) is 0 Å². The number of rotatable bonds is 2. The van der Waals surface area contributed by atoms with Crippen LogP contribution in [0.2, 0.25) is 0 Å². The molecule has 0 spiro atoms. The Hall–Kier alpha value is 0.464. The minimum atomic E-state index is -5.74. The zero-order chi connectivity index (χ0) is 16.8. The summed E-state index contributed by atoms with van der Waals surface area (Å²) in [4.78, 5) is 0. The van der Waals surface area contributed by atoms with E-state index >= 15 is 0 Å². The number of hydrogen-bond acceptors (Lipinski definition) is 1. The van der Waals surface area contributed by atoms with Crippen LogP contribution >= 0.6 is 7.92 Å². The summed E-state index contributed by atoms with van der Waals surface area (Å²) in [6.07, 6.45) is -12.8. The molecule has 0 amide bonds. The van der Waals surface area contributed by atoms with Gasteiger partial charge in [0.2, 0.25) is 0 Å². The summed E-state index contributed by atoms with van der Waals surface area (Å²) in [5.74, 6) is 0. The third-order valence-corrected chi connectivity index (χ3v) is 7.67. The SMILES string of the molecule is CC(C)(C)[PH+](CC(O)(C(F)(F)F)C(F)(F)F)C(C)(C)C.[CH3-].[Ni]. The van der Waals surface area contributed by atoms with Crippen LogP contribution in [0.3, 0.4) is 0 Å². The predicted molar refractivity (Wildman–Crippen MR) is 76.2 cm³/mol. The Kier molecular flexibility index (Phi) is 9.40. The van der Waals surface area contributed by atoms with Crippen molar-refractivity contribution in [3.05, 3.63) is 7.43 Å². The maximum Gasteiger partial charge on any atom is 0.429 e. The third-order valence-electron chi connectivity index (χ3n) is 3.18. The van der Waals surface area contributed by atoms with Crippen molar-refractivity contribution in [3.8, 4) is 0 Å². The van der Waals surface area contributed by atoms with E-state index in [1.165, 1.54) is 0 Å². The van der Waals surface area contributed by atoms with Gasteiger partial charge in [0, 0.05) is 24.4 Å². The summed E-state index contributed by atoms with van der Waals surface area (Å²) < 4.78 is 76.7. The first-order valence-electron chi connectivity index (χ1n) is 6.06. The smallest absolute Gasteiger partial charge is 0.371 e. The van der Waals surface area contributed by atoms with Crippen LogP contribution in [0.1, 0.15) is 41.5 Å². The molecule has 0 aromatic carbocycles. The normalized spacial score (nSPS) is 14.5. The van der Waals surface area contributed by atoms with Crippen molar-refractivity contribution in [1.82, 2.24) is 0 Å². The number of hydrogen-bond donors (Lipinski definition) is 1. The maximum atomic E-state index is 12.8. The van der Waals surface area contributed by atoms with Gasteiger partial charge in [-0.1, -0.05) is 0 Å². The summed E-state index contributed by atoms with van der Waals surface area (Å²) >= 11 is 0. The summed E-state index contributed by atoms with van der Waals surface area (Å²) in [5.41, 5.74) is -4.64. The largest absolute Gasteiger partial charge is 0.429 e. The van der Waals surface area contributed by atoms with Gasteiger partial charge in [0.25, 0.3) is 5.60 Å². The summed E-state index contributed by atoms with van der Waals surface area (Å²) in [6.45, 7) is 9.66. The van der Waals surface area contributed by atoms with Gasteiger partial charge in [-0.25, -0.2) is 0 Å². The number of aliphatic hydroxyl groups is 1. The van der Waals surface area contributed by atoms with Crippen LogP contribution in [0.4, 0.5) is 26.3 Å². The van der Waals surface area contributed by atoms with E-state index in [0.717, 1.165) is 0 Å². The molecule has 9 heteroatoms. The average molecular weight is 401 g/mol. The Labute approximate surface area is 139 Å². The van der Waals surface area contributed by atoms with Gasteiger partial charge >= 0.3 is 12.4 Å². The third kappa shape index (κ3) is 6.16. The summed E-state index contributed by atoms with van der Waals surface area (Å²) in [6, 6.07) is 0. The molecule has 0 atom stereocenters. The molecule has 0 aliphatic heterocycles. The molecule has 0 aromatic heterocycles. The average Bonchev–Trinajstić information content (AvgIpc) is 2.05. The first kappa shape index (κ1) is 27.3. The van der Waals surface area contributed by atoms with Crippen molar-refractivity contribution >= 4 is 7.92 Å². The molecule has 0 aromatic rings. The number of alkyl halides is 6. The van der Waals surface area contributed by atoms with E-state index < -0.39 is 42.3 Å². The van der Waals surface area contributed by atoms with Gasteiger partial charge in [0.1, 0.15) is 6.16 Å². The van der Waals surface area contributed by atoms with Crippen LogP contribution in [0.15, 0.2) is 0 Å². The minimum absolute atomic E-state index is 0. The zero-order valence-corrected chi connectivity index (χ0v) is 15.7. The molecule has 0 aliphatic carbocycles. The topological polar surface area (TPSA) is 20.2 Å². The Bertz CT molecular complexity index is 312. The Morgan fingerprint density at radius 1 is 0.727 bits per heavy atom. The second-order valence-electron chi connectivity index (χ2n) is 7.01. The van der Waals surface area contributed by atoms with Crippen molar-refractivity contribution in [1.29, 1.82) is 0 Å². The fraction of sp³-hybridized carbons (Fsp3) is 0.923. The van der Waals surface area contributed by atoms with E-state index in [-0.39, 0.29) is 23.9 Å². The van der Waals surface area contributed by atoms with Gasteiger partial charge < -0.3 is 12.5 Å². The summed E-state index contributed by atoms with van der Waals surface area (Å²) in [7, 11) is -2.19. The molecule has 22 heavy (non-hydrogen) atoms. The standard InChI is InChI=1S/C12H21F6OP.CH3.Ni/c1-8(2,3)20(9(4,5)6)7-10(19,11(13,14)15)12(16,17)18;;/h19H,7H2,1-6H3;1H3;/q;-1;/p+1. The quantitative estimate of drug-likeness (QED) is 0.296. The van der Waals surface area contributed by atoms with Crippen LogP contribution in [-0.4, -0.2) is 39.5 Å². The second-order valence-corrected chi connectivity index (χ2v) is 11.3. The Balaban J connectivity index is -0.00000180. The molecule has 0 saturated carbocycles. The molecule has 0 aliphatic rings. The van der Waals surface area contributed by atoms with Crippen molar-refractivity contribution in [2.45, 2.75) is 69.8 Å². The molecule has 1 nitrogen and oxygen atoms in total. The molecule has 0 heterocycles. The molecule has 0 fully saturated rings. The van der Waals surface area contributed by atoms with Crippen molar-refractivity contribution in [2.75, 3.05) is 6.16 Å². The fourth-order valence-corrected chi connectivity index (χ4v) is 6.50. The van der Waals surface area contributed by atoms with E-state index in [9.17, 15) is 31.4 Å². The Morgan fingerprint density at radius 2 is 0.955 bits per heavy atom. The molecule has 0 rings (SSSR count). The minimum Gasteiger partial charge on any atom is -0.371 e. The van der Waals surface area contributed by atoms with Gasteiger partial charge in [-0.05, 0) is 41.5 Å². The fourth-order valence-electron chi connectivity index (χ4n) is 2.27. The van der Waals surface area contributed by atoms with Crippen molar-refractivity contribution in [2.24, 2.45) is 0 Å². The van der Waals surface area contributed by atoms with Gasteiger partial charge in [0.05, 0.1) is 10.3 Å². The van der Waals surface area contributed by atoms with Crippen LogP contribution < -0.4 is 0 Å². The molecule has 0 bridgehead atoms. The molecule has 0 unspecified atom stereocenters. The van der Waals surface area contributed by atoms with Crippen LogP contribution in [0.25, 0.3) is 0 Å². The molecule has 0 radical (unpaired) electrons. The molecular formula is C13H25F6NiOP. The van der Waals surface area contributed by atoms with Crippen molar-refractivity contribution in [3.63, 3.8) is 0 Å². The van der Waals surface area contributed by atoms with Crippen LogP contribution in [-0.2, 0) is 16.5 Å². The first-order valence-corrected chi connectivity index (χ1v) is 7.77. The van der Waals surface area contributed by atoms with Gasteiger partial charge in [-0.15, -0.1) is 0 Å². The second kappa shape index (κ2) is 7.57. The van der Waals surface area contributed by atoms with Gasteiger partial charge in [-0.2, -0.15) is 26.3 Å². The molecule has 140 valence electrons. The summed E-state index contributed by atoms with van der Waals surface area (Å²) in [5, 5.41) is 7.93. The van der Waals surface area contributed by atoms with E-state index in [0.29, 0.717) is 0 Å². The first-order chi connectivity index (χ1) is 8.34. The molecular weight excluding hydrogens is 376 g/mol. The van der Waals surface area contributed by atoms with Crippen LogP contribution in [0, 0.1) is 7.43 Å². The van der Waals surface area contributed by atoms with Gasteiger partial charge in [0.15, 0.2) is 0 Å². The predicted octanol–water partition coefficient (Wildman–Crippen LogP) is 5.10. The van der Waals surface area contributed by atoms with E-state index in [4.69, 9.17) is 0 Å². The Morgan fingerprint density at radius 3 is 1.09 bits per heavy atom. The maximum absolute atomic E-state index is 12.8. The monoisotopic (exact) mass is 400 g/mol. The van der Waals surface area contributed by atoms with E-state index in [1.807, 2.05) is 0 Å². The van der Waals surface area contributed by atoms with Crippen molar-refractivity contribution < 1.29 is 47.9 Å². The van der Waals surface area contributed by atoms with E-state index in [1.54, 1.807) is 41.5 Å². The number of halogens is 6. The molecule has 1 N–H and O–H groups in total. The molecule has 0 saturated heterocycles. The van der Waals surface area contributed by atoms with Crippen LogP contribution in [0.5, 0.6) is 0 Å². The van der Waals surface area contributed by atoms with Gasteiger partial charge in [-0.3, -0.25) is 0 Å². The zero-order valence-electron chi connectivity index (χ0n) is 13.7.